The Morgan fingerprint density at radius 1 is 1.09 bits per heavy atom. The van der Waals surface area contributed by atoms with Gasteiger partial charge in [0.1, 0.15) is 6.61 Å². The first-order valence-electron chi connectivity index (χ1n) is 9.65. The number of carbonyl (C=O) groups excluding carboxylic acids is 2. The van der Waals surface area contributed by atoms with Crippen molar-refractivity contribution < 1.29 is 19.5 Å². The Labute approximate surface area is 193 Å². The van der Waals surface area contributed by atoms with Crippen LogP contribution in [0, 0.1) is 0 Å². The molecule has 3 aromatic rings. The fraction of sp³-hybridized carbons (Fsp3) is 0.182. The number of aliphatic hydroxyl groups excluding tert-OH is 1. The molecule has 2 heterocycles. The number of amides is 2. The topological polar surface area (TPSA) is 113 Å². The Bertz CT molecular complexity index is 1160. The summed E-state index contributed by atoms with van der Waals surface area (Å²) < 4.78 is 0. The van der Waals surface area contributed by atoms with Crippen molar-refractivity contribution in [3.05, 3.63) is 93.0 Å². The molecule has 3 N–H and O–H groups in total. The fourth-order valence-corrected chi connectivity index (χ4v) is 4.07. The number of halogens is 2. The number of aromatic nitrogens is 2. The van der Waals surface area contributed by atoms with E-state index >= 15 is 0 Å². The number of nitrogens with zero attached hydrogens (tertiary/aromatic N) is 2. The van der Waals surface area contributed by atoms with Crippen LogP contribution in [0.3, 0.4) is 0 Å². The Hall–Kier alpha value is -3.04. The second-order valence-electron chi connectivity index (χ2n) is 7.09. The predicted octanol–water partition coefficient (Wildman–Crippen LogP) is 3.09. The van der Waals surface area contributed by atoms with E-state index in [1.807, 2.05) is 0 Å². The summed E-state index contributed by atoms with van der Waals surface area (Å²) in [7, 11) is 0. The quantitative estimate of drug-likeness (QED) is 0.475. The number of aliphatic hydroxyl groups is 1. The van der Waals surface area contributed by atoms with Crippen LogP contribution in [0.5, 0.6) is 0 Å². The van der Waals surface area contributed by atoms with E-state index in [1.54, 1.807) is 42.5 Å². The number of benzene rings is 2. The van der Waals surface area contributed by atoms with Gasteiger partial charge in [-0.3, -0.25) is 24.4 Å². The zero-order valence-corrected chi connectivity index (χ0v) is 18.1. The first-order valence-corrected chi connectivity index (χ1v) is 10.4. The highest BCUT2D eigenvalue weighted by Crippen LogP contribution is 2.40. The molecule has 0 fully saturated rings. The molecule has 2 atom stereocenters. The van der Waals surface area contributed by atoms with Gasteiger partial charge >= 0.3 is 0 Å². The van der Waals surface area contributed by atoms with Crippen LogP contribution in [0.25, 0.3) is 0 Å². The molecule has 1 aromatic heterocycles. The summed E-state index contributed by atoms with van der Waals surface area (Å²) in [5, 5.41) is 12.7. The fourth-order valence-electron chi connectivity index (χ4n) is 3.54. The standard InChI is InChI=1S/C22H18Cl2N4O4/c23-12-5-6-17(18(24)7-12)20-19(15-3-1-2-4-16(15)21(30)27-20)22(31)28-32-11-14-9-25-13(10-29)8-26-14/h1-9,19-20,29H,10-11H2,(H,27,30)(H,28,31)/t19-,20+/m1/s1. The summed E-state index contributed by atoms with van der Waals surface area (Å²) in [5.74, 6) is -1.57. The minimum Gasteiger partial charge on any atom is -0.390 e. The van der Waals surface area contributed by atoms with E-state index in [1.165, 1.54) is 12.4 Å². The van der Waals surface area contributed by atoms with Crippen molar-refractivity contribution in [3.63, 3.8) is 0 Å². The summed E-state index contributed by atoms with van der Waals surface area (Å²) in [6.45, 7) is -0.246. The summed E-state index contributed by atoms with van der Waals surface area (Å²) in [6.07, 6.45) is 2.87. The van der Waals surface area contributed by atoms with E-state index in [0.717, 1.165) is 0 Å². The van der Waals surface area contributed by atoms with E-state index in [4.69, 9.17) is 33.1 Å². The van der Waals surface area contributed by atoms with Crippen molar-refractivity contribution in [1.82, 2.24) is 20.8 Å². The van der Waals surface area contributed by atoms with Gasteiger partial charge in [0.2, 0.25) is 0 Å². The predicted molar refractivity (Wildman–Crippen MR) is 117 cm³/mol. The van der Waals surface area contributed by atoms with Crippen molar-refractivity contribution in [3.8, 4) is 0 Å². The summed E-state index contributed by atoms with van der Waals surface area (Å²) in [5.41, 5.74) is 4.85. The van der Waals surface area contributed by atoms with Crippen LogP contribution in [0.15, 0.2) is 54.9 Å². The summed E-state index contributed by atoms with van der Waals surface area (Å²) >= 11 is 12.4. The number of hydroxylamine groups is 1. The molecule has 164 valence electrons. The van der Waals surface area contributed by atoms with Gasteiger partial charge < -0.3 is 10.4 Å². The van der Waals surface area contributed by atoms with Crippen molar-refractivity contribution in [2.45, 2.75) is 25.2 Å². The molecule has 4 rings (SSSR count). The van der Waals surface area contributed by atoms with Gasteiger partial charge in [0.05, 0.1) is 42.3 Å². The third-order valence-electron chi connectivity index (χ3n) is 5.05. The van der Waals surface area contributed by atoms with Gasteiger partial charge in [-0.2, -0.15) is 0 Å². The van der Waals surface area contributed by atoms with Crippen molar-refractivity contribution in [2.75, 3.05) is 0 Å². The molecule has 0 saturated carbocycles. The number of hydrogen-bond donors (Lipinski definition) is 3. The van der Waals surface area contributed by atoms with Crippen molar-refractivity contribution in [2.24, 2.45) is 0 Å². The van der Waals surface area contributed by atoms with E-state index in [-0.39, 0.29) is 19.1 Å². The van der Waals surface area contributed by atoms with Gasteiger partial charge in [-0.05, 0) is 29.3 Å². The SMILES string of the molecule is O=C1N[C@@H](c2ccc(Cl)cc2Cl)[C@H](C(=O)NOCc2cnc(CO)cn2)c2ccccc21. The summed E-state index contributed by atoms with van der Waals surface area (Å²) in [4.78, 5) is 39.4. The molecule has 0 unspecified atom stereocenters. The van der Waals surface area contributed by atoms with Gasteiger partial charge in [-0.25, -0.2) is 5.48 Å². The number of hydrogen-bond acceptors (Lipinski definition) is 6. The Morgan fingerprint density at radius 3 is 2.56 bits per heavy atom. The third kappa shape index (κ3) is 4.58. The molecule has 32 heavy (non-hydrogen) atoms. The molecule has 1 aliphatic heterocycles. The second-order valence-corrected chi connectivity index (χ2v) is 7.94. The maximum atomic E-state index is 13.2. The van der Waals surface area contributed by atoms with Gasteiger partial charge in [-0.1, -0.05) is 47.5 Å². The molecular weight excluding hydrogens is 455 g/mol. The van der Waals surface area contributed by atoms with Crippen LogP contribution in [0.4, 0.5) is 0 Å². The molecular formula is C22H18Cl2N4O4. The zero-order valence-electron chi connectivity index (χ0n) is 16.6. The smallest absolute Gasteiger partial charge is 0.253 e. The molecule has 8 nitrogen and oxygen atoms in total. The maximum absolute atomic E-state index is 13.2. The van der Waals surface area contributed by atoms with E-state index < -0.39 is 17.9 Å². The Morgan fingerprint density at radius 2 is 1.84 bits per heavy atom. The Balaban J connectivity index is 1.58. The first kappa shape index (κ1) is 22.2. The molecule has 0 aliphatic carbocycles. The van der Waals surface area contributed by atoms with Crippen molar-refractivity contribution >= 4 is 35.0 Å². The average molecular weight is 473 g/mol. The lowest BCUT2D eigenvalue weighted by atomic mass is 9.80. The van der Waals surface area contributed by atoms with Gasteiger partial charge in [-0.15, -0.1) is 0 Å². The average Bonchev–Trinajstić information content (AvgIpc) is 2.79. The normalized spacial score (nSPS) is 17.4. The van der Waals surface area contributed by atoms with Gasteiger partial charge in [0, 0.05) is 15.6 Å². The van der Waals surface area contributed by atoms with E-state index in [0.29, 0.717) is 38.1 Å². The summed E-state index contributed by atoms with van der Waals surface area (Å²) in [6, 6.07) is 11.0. The number of rotatable bonds is 6. The van der Waals surface area contributed by atoms with Crippen LogP contribution < -0.4 is 10.8 Å². The first-order chi connectivity index (χ1) is 15.5. The van der Waals surface area contributed by atoms with Crippen LogP contribution in [0.2, 0.25) is 10.0 Å². The lowest BCUT2D eigenvalue weighted by molar-refractivity contribution is -0.137. The maximum Gasteiger partial charge on any atom is 0.253 e. The minimum absolute atomic E-state index is 0.0302. The molecule has 0 saturated heterocycles. The minimum atomic E-state index is -0.801. The van der Waals surface area contributed by atoms with Crippen LogP contribution in [-0.4, -0.2) is 26.9 Å². The monoisotopic (exact) mass is 472 g/mol. The largest absolute Gasteiger partial charge is 0.390 e. The second kappa shape index (κ2) is 9.62. The lowest BCUT2D eigenvalue weighted by Gasteiger charge is -2.33. The van der Waals surface area contributed by atoms with Gasteiger partial charge in [0.25, 0.3) is 11.8 Å². The van der Waals surface area contributed by atoms with Crippen LogP contribution in [-0.2, 0) is 22.8 Å². The lowest BCUT2D eigenvalue weighted by Crippen LogP contribution is -2.44. The van der Waals surface area contributed by atoms with E-state index in [2.05, 4.69) is 20.8 Å². The third-order valence-corrected chi connectivity index (χ3v) is 5.62. The Kier molecular flexibility index (Phi) is 6.66. The number of fused-ring (bicyclic) bond motifs is 1. The highest BCUT2D eigenvalue weighted by atomic mass is 35.5. The molecule has 1 aliphatic rings. The number of nitrogens with one attached hydrogen (secondary N) is 2. The van der Waals surface area contributed by atoms with Gasteiger partial charge in [0.15, 0.2) is 0 Å². The molecule has 0 bridgehead atoms. The molecule has 2 amide bonds. The molecule has 0 spiro atoms. The van der Waals surface area contributed by atoms with Crippen LogP contribution >= 0.6 is 23.2 Å². The molecule has 0 radical (unpaired) electrons. The number of carbonyl (C=O) groups is 2. The van der Waals surface area contributed by atoms with E-state index in [9.17, 15) is 9.59 Å². The van der Waals surface area contributed by atoms with Crippen LogP contribution in [0.1, 0.15) is 44.8 Å². The highest BCUT2D eigenvalue weighted by molar-refractivity contribution is 6.35. The molecule has 10 heteroatoms. The molecule has 2 aromatic carbocycles. The van der Waals surface area contributed by atoms with Crippen molar-refractivity contribution in [1.29, 1.82) is 0 Å². The highest BCUT2D eigenvalue weighted by Gasteiger charge is 2.40. The zero-order chi connectivity index (χ0) is 22.7.